The molecule has 2 aliphatic rings. The Labute approximate surface area is 148 Å². The van der Waals surface area contributed by atoms with Crippen molar-refractivity contribution in [1.82, 2.24) is 9.97 Å². The van der Waals surface area contributed by atoms with E-state index in [1.807, 2.05) is 13.0 Å². The minimum atomic E-state index is -0.372. The lowest BCUT2D eigenvalue weighted by molar-refractivity contribution is -0.169. The van der Waals surface area contributed by atoms with Gasteiger partial charge in [0.1, 0.15) is 5.82 Å². The Kier molecular flexibility index (Phi) is 4.31. The maximum Gasteiger partial charge on any atom is 0.227 e. The van der Waals surface area contributed by atoms with Crippen molar-refractivity contribution in [3.05, 3.63) is 41.6 Å². The molecule has 6 nitrogen and oxygen atoms in total. The molecule has 1 aromatic carbocycles. The number of hydrogen-bond donors (Lipinski definition) is 1. The molecule has 2 aliphatic heterocycles. The van der Waals surface area contributed by atoms with Gasteiger partial charge in [0, 0.05) is 43.4 Å². The van der Waals surface area contributed by atoms with Gasteiger partial charge in [-0.2, -0.15) is 4.98 Å². The minimum absolute atomic E-state index is 0.372. The predicted octanol–water partition coefficient (Wildman–Crippen LogP) is 3.18. The molecule has 0 bridgehead atoms. The SMILES string of the molecule is Cc1ccc(Nc2cc(C)nc(N3CCC4(CC3)OCCO4)n2)cc1. The van der Waals surface area contributed by atoms with Gasteiger partial charge in [-0.3, -0.25) is 0 Å². The van der Waals surface area contributed by atoms with Gasteiger partial charge in [0.15, 0.2) is 5.79 Å². The summed E-state index contributed by atoms with van der Waals surface area (Å²) < 4.78 is 11.6. The van der Waals surface area contributed by atoms with E-state index in [1.54, 1.807) is 0 Å². The summed E-state index contributed by atoms with van der Waals surface area (Å²) in [5.74, 6) is 1.21. The summed E-state index contributed by atoms with van der Waals surface area (Å²) in [6, 6.07) is 10.3. The lowest BCUT2D eigenvalue weighted by atomic mass is 10.0. The first kappa shape index (κ1) is 16.3. The van der Waals surface area contributed by atoms with Gasteiger partial charge in [0.05, 0.1) is 13.2 Å². The second-order valence-corrected chi connectivity index (χ2v) is 6.78. The number of ether oxygens (including phenoxy) is 2. The average Bonchev–Trinajstić information content (AvgIpc) is 3.05. The Balaban J connectivity index is 1.49. The highest BCUT2D eigenvalue weighted by molar-refractivity contribution is 5.58. The molecule has 1 aromatic heterocycles. The van der Waals surface area contributed by atoms with Gasteiger partial charge in [-0.05, 0) is 26.0 Å². The molecule has 25 heavy (non-hydrogen) atoms. The molecule has 1 N–H and O–H groups in total. The molecule has 0 amide bonds. The van der Waals surface area contributed by atoms with Crippen LogP contribution in [0, 0.1) is 13.8 Å². The number of rotatable bonds is 3. The zero-order valence-corrected chi connectivity index (χ0v) is 14.8. The molecule has 2 saturated heterocycles. The summed E-state index contributed by atoms with van der Waals surface area (Å²) in [5, 5.41) is 3.37. The molecule has 6 heteroatoms. The molecule has 4 rings (SSSR count). The van der Waals surface area contributed by atoms with Crippen LogP contribution in [0.4, 0.5) is 17.5 Å². The zero-order valence-electron chi connectivity index (χ0n) is 14.8. The third kappa shape index (κ3) is 3.60. The van der Waals surface area contributed by atoms with Crippen molar-refractivity contribution in [2.45, 2.75) is 32.5 Å². The van der Waals surface area contributed by atoms with Crippen LogP contribution < -0.4 is 10.2 Å². The summed E-state index contributed by atoms with van der Waals surface area (Å²) in [4.78, 5) is 11.5. The minimum Gasteiger partial charge on any atom is -0.347 e. The van der Waals surface area contributed by atoms with Crippen LogP contribution in [0.25, 0.3) is 0 Å². The summed E-state index contributed by atoms with van der Waals surface area (Å²) in [6.07, 6.45) is 1.70. The number of hydrogen-bond acceptors (Lipinski definition) is 6. The highest BCUT2D eigenvalue weighted by atomic mass is 16.7. The van der Waals surface area contributed by atoms with Gasteiger partial charge < -0.3 is 19.7 Å². The average molecular weight is 340 g/mol. The van der Waals surface area contributed by atoms with Crippen LogP contribution in [0.3, 0.4) is 0 Å². The second-order valence-electron chi connectivity index (χ2n) is 6.78. The maximum atomic E-state index is 5.80. The smallest absolute Gasteiger partial charge is 0.227 e. The van der Waals surface area contributed by atoms with E-state index in [0.717, 1.165) is 49.1 Å². The third-order valence-corrected chi connectivity index (χ3v) is 4.79. The molecule has 2 fully saturated rings. The lowest BCUT2D eigenvalue weighted by Gasteiger charge is -2.37. The van der Waals surface area contributed by atoms with Crippen molar-refractivity contribution >= 4 is 17.5 Å². The lowest BCUT2D eigenvalue weighted by Crippen LogP contribution is -2.45. The van der Waals surface area contributed by atoms with Crippen LogP contribution in [0.2, 0.25) is 0 Å². The monoisotopic (exact) mass is 340 g/mol. The van der Waals surface area contributed by atoms with Crippen molar-refractivity contribution < 1.29 is 9.47 Å². The summed E-state index contributed by atoms with van der Waals surface area (Å²) in [6.45, 7) is 7.16. The van der Waals surface area contributed by atoms with E-state index in [9.17, 15) is 0 Å². The molecule has 0 aliphatic carbocycles. The normalized spacial score (nSPS) is 19.4. The second kappa shape index (κ2) is 6.61. The molecular weight excluding hydrogens is 316 g/mol. The molecular formula is C19H24N4O2. The first-order valence-electron chi connectivity index (χ1n) is 8.84. The number of piperidine rings is 1. The van der Waals surface area contributed by atoms with Crippen molar-refractivity contribution in [2.75, 3.05) is 36.5 Å². The van der Waals surface area contributed by atoms with Crippen LogP contribution in [0.5, 0.6) is 0 Å². The Morgan fingerprint density at radius 1 is 1.00 bits per heavy atom. The standard InChI is InChI=1S/C19H24N4O2/c1-14-3-5-16(6-4-14)21-17-13-15(2)20-18(22-17)23-9-7-19(8-10-23)24-11-12-25-19/h3-6,13H,7-12H2,1-2H3,(H,20,21,22). The molecule has 0 saturated carbocycles. The van der Waals surface area contributed by atoms with E-state index in [0.29, 0.717) is 13.2 Å². The van der Waals surface area contributed by atoms with E-state index in [1.165, 1.54) is 5.56 Å². The van der Waals surface area contributed by atoms with E-state index >= 15 is 0 Å². The first-order valence-corrected chi connectivity index (χ1v) is 8.84. The predicted molar refractivity (Wildman–Crippen MR) is 97.3 cm³/mol. The third-order valence-electron chi connectivity index (χ3n) is 4.79. The number of nitrogens with one attached hydrogen (secondary N) is 1. The molecule has 2 aromatic rings. The topological polar surface area (TPSA) is 59.5 Å². The molecule has 0 atom stereocenters. The quantitative estimate of drug-likeness (QED) is 0.926. The fraction of sp³-hybridized carbons (Fsp3) is 0.474. The van der Waals surface area contributed by atoms with E-state index < -0.39 is 0 Å². The molecule has 0 radical (unpaired) electrons. The number of aryl methyl sites for hydroxylation is 2. The Morgan fingerprint density at radius 2 is 1.68 bits per heavy atom. The van der Waals surface area contributed by atoms with Crippen LogP contribution in [-0.2, 0) is 9.47 Å². The van der Waals surface area contributed by atoms with Crippen LogP contribution >= 0.6 is 0 Å². The fourth-order valence-electron chi connectivity index (χ4n) is 3.38. The molecule has 0 unspecified atom stereocenters. The van der Waals surface area contributed by atoms with Crippen molar-refractivity contribution in [3.8, 4) is 0 Å². The van der Waals surface area contributed by atoms with Gasteiger partial charge in [0.25, 0.3) is 0 Å². The first-order chi connectivity index (χ1) is 12.1. The molecule has 1 spiro atoms. The van der Waals surface area contributed by atoms with Crippen LogP contribution in [0.15, 0.2) is 30.3 Å². The van der Waals surface area contributed by atoms with Gasteiger partial charge in [-0.25, -0.2) is 4.98 Å². The van der Waals surface area contributed by atoms with Crippen molar-refractivity contribution in [2.24, 2.45) is 0 Å². The number of benzene rings is 1. The van der Waals surface area contributed by atoms with Gasteiger partial charge in [-0.1, -0.05) is 17.7 Å². The van der Waals surface area contributed by atoms with Crippen LogP contribution in [0.1, 0.15) is 24.1 Å². The zero-order chi connectivity index (χ0) is 17.3. The largest absolute Gasteiger partial charge is 0.347 e. The number of aromatic nitrogens is 2. The highest BCUT2D eigenvalue weighted by Crippen LogP contribution is 2.32. The number of nitrogens with zero attached hydrogens (tertiary/aromatic N) is 3. The molecule has 3 heterocycles. The van der Waals surface area contributed by atoms with Gasteiger partial charge in [0.2, 0.25) is 5.95 Å². The Bertz CT molecular complexity index is 732. The fourth-order valence-corrected chi connectivity index (χ4v) is 3.38. The summed E-state index contributed by atoms with van der Waals surface area (Å²) in [5.41, 5.74) is 3.22. The van der Waals surface area contributed by atoms with Gasteiger partial charge >= 0.3 is 0 Å². The highest BCUT2D eigenvalue weighted by Gasteiger charge is 2.40. The number of anilines is 3. The Hall–Kier alpha value is -2.18. The van der Waals surface area contributed by atoms with E-state index in [2.05, 4.69) is 46.4 Å². The molecule has 132 valence electrons. The van der Waals surface area contributed by atoms with E-state index in [-0.39, 0.29) is 5.79 Å². The van der Waals surface area contributed by atoms with E-state index in [4.69, 9.17) is 14.5 Å². The van der Waals surface area contributed by atoms with Crippen molar-refractivity contribution in [3.63, 3.8) is 0 Å². The maximum absolute atomic E-state index is 5.80. The van der Waals surface area contributed by atoms with Gasteiger partial charge in [-0.15, -0.1) is 0 Å². The van der Waals surface area contributed by atoms with Crippen molar-refractivity contribution in [1.29, 1.82) is 0 Å². The van der Waals surface area contributed by atoms with Crippen LogP contribution in [-0.4, -0.2) is 42.1 Å². The Morgan fingerprint density at radius 3 is 2.36 bits per heavy atom. The summed E-state index contributed by atoms with van der Waals surface area (Å²) in [7, 11) is 0. The summed E-state index contributed by atoms with van der Waals surface area (Å²) >= 11 is 0.